The zero-order chi connectivity index (χ0) is 11.6. The highest BCUT2D eigenvalue weighted by Crippen LogP contribution is 2.25. The van der Waals surface area contributed by atoms with Crippen LogP contribution in [0, 0.1) is 20.8 Å². The van der Waals surface area contributed by atoms with E-state index >= 15 is 0 Å². The lowest BCUT2D eigenvalue weighted by atomic mass is 9.91. The van der Waals surface area contributed by atoms with Crippen LogP contribution in [-0.4, -0.2) is 11.2 Å². The Morgan fingerprint density at radius 2 is 1.67 bits per heavy atom. The maximum Gasteiger partial charge on any atom is 0.0730 e. The van der Waals surface area contributed by atoms with Gasteiger partial charge in [0.2, 0.25) is 0 Å². The molecule has 84 valence electrons. The van der Waals surface area contributed by atoms with Crippen LogP contribution in [0.2, 0.25) is 0 Å². The molecule has 2 atom stereocenters. The molecule has 2 nitrogen and oxygen atoms in total. The lowest BCUT2D eigenvalue weighted by Gasteiger charge is -2.22. The van der Waals surface area contributed by atoms with Gasteiger partial charge in [0, 0.05) is 0 Å². The Morgan fingerprint density at radius 3 is 2.07 bits per heavy atom. The molecule has 0 spiro atoms. The summed E-state index contributed by atoms with van der Waals surface area (Å²) in [5.41, 5.74) is 10.7. The van der Waals surface area contributed by atoms with E-state index in [2.05, 4.69) is 32.9 Å². The summed E-state index contributed by atoms with van der Waals surface area (Å²) in [6, 6.07) is 3.96. The van der Waals surface area contributed by atoms with Gasteiger partial charge in [0.15, 0.2) is 0 Å². The fourth-order valence-corrected chi connectivity index (χ4v) is 2.16. The molecular weight excluding hydrogens is 186 g/mol. The highest BCUT2D eigenvalue weighted by molar-refractivity contribution is 5.39. The molecule has 2 heteroatoms. The molecule has 0 aliphatic rings. The van der Waals surface area contributed by atoms with Gasteiger partial charge in [-0.3, -0.25) is 0 Å². The molecule has 0 fully saturated rings. The van der Waals surface area contributed by atoms with E-state index < -0.39 is 6.10 Å². The van der Waals surface area contributed by atoms with E-state index in [0.29, 0.717) is 6.42 Å². The standard InChI is InChI=1S/C13H21NO/c1-5-11(15)13(14)12-9(3)6-8(2)7-10(12)4/h6-7,11,13,15H,5,14H2,1-4H3. The second-order valence-corrected chi connectivity index (χ2v) is 4.31. The topological polar surface area (TPSA) is 46.2 Å². The van der Waals surface area contributed by atoms with E-state index in [0.717, 1.165) is 5.56 Å². The highest BCUT2D eigenvalue weighted by atomic mass is 16.3. The molecule has 0 heterocycles. The molecule has 0 amide bonds. The summed E-state index contributed by atoms with van der Waals surface area (Å²) in [6.07, 6.45) is 0.235. The molecule has 2 unspecified atom stereocenters. The first kappa shape index (κ1) is 12.2. The number of nitrogens with two attached hydrogens (primary N) is 1. The van der Waals surface area contributed by atoms with Gasteiger partial charge in [-0.25, -0.2) is 0 Å². The smallest absolute Gasteiger partial charge is 0.0730 e. The third kappa shape index (κ3) is 2.58. The molecule has 0 saturated carbocycles. The molecule has 0 aliphatic heterocycles. The largest absolute Gasteiger partial charge is 0.391 e. The number of benzene rings is 1. The fraction of sp³-hybridized carbons (Fsp3) is 0.538. The van der Waals surface area contributed by atoms with Crippen LogP contribution in [-0.2, 0) is 0 Å². The zero-order valence-electron chi connectivity index (χ0n) is 10.0. The van der Waals surface area contributed by atoms with Gasteiger partial charge in [-0.2, -0.15) is 0 Å². The lowest BCUT2D eigenvalue weighted by Crippen LogP contribution is -2.27. The molecule has 0 radical (unpaired) electrons. The number of aliphatic hydroxyl groups is 1. The van der Waals surface area contributed by atoms with Gasteiger partial charge in [0.1, 0.15) is 0 Å². The lowest BCUT2D eigenvalue weighted by molar-refractivity contribution is 0.140. The minimum atomic E-state index is -0.454. The Morgan fingerprint density at radius 1 is 1.20 bits per heavy atom. The third-order valence-electron chi connectivity index (χ3n) is 2.90. The van der Waals surface area contributed by atoms with Crippen molar-refractivity contribution in [1.29, 1.82) is 0 Å². The van der Waals surface area contributed by atoms with Gasteiger partial charge < -0.3 is 10.8 Å². The Bertz CT molecular complexity index is 323. The van der Waals surface area contributed by atoms with Crippen LogP contribution in [0.3, 0.4) is 0 Å². The van der Waals surface area contributed by atoms with Crippen molar-refractivity contribution in [2.75, 3.05) is 0 Å². The molecule has 3 N–H and O–H groups in total. The van der Waals surface area contributed by atoms with Gasteiger partial charge in [0.25, 0.3) is 0 Å². The predicted molar refractivity (Wildman–Crippen MR) is 63.9 cm³/mol. The Labute approximate surface area is 92.1 Å². The van der Waals surface area contributed by atoms with Crippen LogP contribution in [0.15, 0.2) is 12.1 Å². The van der Waals surface area contributed by atoms with Crippen molar-refractivity contribution < 1.29 is 5.11 Å². The van der Waals surface area contributed by atoms with Crippen LogP contribution >= 0.6 is 0 Å². The maximum atomic E-state index is 9.77. The van der Waals surface area contributed by atoms with Crippen molar-refractivity contribution in [3.8, 4) is 0 Å². The number of hydrogen-bond acceptors (Lipinski definition) is 2. The van der Waals surface area contributed by atoms with Crippen molar-refractivity contribution in [1.82, 2.24) is 0 Å². The summed E-state index contributed by atoms with van der Waals surface area (Å²) in [6.45, 7) is 8.13. The molecule has 0 bridgehead atoms. The minimum Gasteiger partial charge on any atom is -0.391 e. The second kappa shape index (κ2) is 4.77. The van der Waals surface area contributed by atoms with Crippen molar-refractivity contribution >= 4 is 0 Å². The van der Waals surface area contributed by atoms with Crippen molar-refractivity contribution in [3.05, 3.63) is 34.4 Å². The molecule has 1 rings (SSSR count). The first-order chi connectivity index (χ1) is 6.97. The first-order valence-corrected chi connectivity index (χ1v) is 5.48. The summed E-state index contributed by atoms with van der Waals surface area (Å²) in [4.78, 5) is 0. The molecule has 1 aromatic carbocycles. The van der Waals surface area contributed by atoms with Crippen LogP contribution in [0.25, 0.3) is 0 Å². The number of hydrogen-bond donors (Lipinski definition) is 2. The average Bonchev–Trinajstić information content (AvgIpc) is 2.14. The van der Waals surface area contributed by atoms with Crippen LogP contribution in [0.1, 0.15) is 41.6 Å². The summed E-state index contributed by atoms with van der Waals surface area (Å²) in [7, 11) is 0. The van der Waals surface area contributed by atoms with Crippen LogP contribution in [0.5, 0.6) is 0 Å². The first-order valence-electron chi connectivity index (χ1n) is 5.48. The van der Waals surface area contributed by atoms with Gasteiger partial charge in [0.05, 0.1) is 12.1 Å². The van der Waals surface area contributed by atoms with E-state index in [4.69, 9.17) is 5.73 Å². The monoisotopic (exact) mass is 207 g/mol. The van der Waals surface area contributed by atoms with Crippen molar-refractivity contribution in [2.45, 2.75) is 46.3 Å². The SMILES string of the molecule is CCC(O)C(N)c1c(C)cc(C)cc1C. The quantitative estimate of drug-likeness (QED) is 0.799. The zero-order valence-corrected chi connectivity index (χ0v) is 10.0. The molecule has 0 saturated heterocycles. The average molecular weight is 207 g/mol. The minimum absolute atomic E-state index is 0.268. The summed E-state index contributed by atoms with van der Waals surface area (Å²) < 4.78 is 0. The highest BCUT2D eigenvalue weighted by Gasteiger charge is 2.18. The van der Waals surface area contributed by atoms with Crippen LogP contribution in [0.4, 0.5) is 0 Å². The van der Waals surface area contributed by atoms with Gasteiger partial charge in [-0.1, -0.05) is 24.6 Å². The molecule has 1 aromatic rings. The number of aryl methyl sites for hydroxylation is 3. The molecule has 15 heavy (non-hydrogen) atoms. The Kier molecular flexibility index (Phi) is 3.89. The summed E-state index contributed by atoms with van der Waals surface area (Å²) in [5, 5.41) is 9.77. The van der Waals surface area contributed by atoms with E-state index in [1.807, 2.05) is 6.92 Å². The number of rotatable bonds is 3. The Balaban J connectivity index is 3.13. The van der Waals surface area contributed by atoms with Crippen molar-refractivity contribution in [2.24, 2.45) is 5.73 Å². The molecule has 0 aromatic heterocycles. The Hall–Kier alpha value is -0.860. The summed E-state index contributed by atoms with van der Waals surface area (Å²) >= 11 is 0. The van der Waals surface area contributed by atoms with E-state index in [1.54, 1.807) is 0 Å². The predicted octanol–water partition coefficient (Wildman–Crippen LogP) is 2.38. The van der Waals surface area contributed by atoms with Crippen LogP contribution < -0.4 is 5.73 Å². The second-order valence-electron chi connectivity index (χ2n) is 4.31. The molecular formula is C13H21NO. The van der Waals surface area contributed by atoms with Gasteiger partial charge in [-0.15, -0.1) is 0 Å². The van der Waals surface area contributed by atoms with Gasteiger partial charge >= 0.3 is 0 Å². The van der Waals surface area contributed by atoms with E-state index in [9.17, 15) is 5.11 Å². The number of aliphatic hydroxyl groups excluding tert-OH is 1. The van der Waals surface area contributed by atoms with E-state index in [1.165, 1.54) is 16.7 Å². The summed E-state index contributed by atoms with van der Waals surface area (Å²) in [5.74, 6) is 0. The van der Waals surface area contributed by atoms with Crippen molar-refractivity contribution in [3.63, 3.8) is 0 Å². The maximum absolute atomic E-state index is 9.77. The normalized spacial score (nSPS) is 15.1. The van der Waals surface area contributed by atoms with E-state index in [-0.39, 0.29) is 6.04 Å². The molecule has 0 aliphatic carbocycles. The third-order valence-corrected chi connectivity index (χ3v) is 2.90. The fourth-order valence-electron chi connectivity index (χ4n) is 2.16. The van der Waals surface area contributed by atoms with Gasteiger partial charge in [-0.05, 0) is 43.9 Å².